The van der Waals surface area contributed by atoms with E-state index in [4.69, 9.17) is 0 Å². The number of hydrogen-bond acceptors (Lipinski definition) is 4. The van der Waals surface area contributed by atoms with Crippen molar-refractivity contribution in [2.45, 2.75) is 29.9 Å². The molecule has 0 heterocycles. The molecule has 1 saturated carbocycles. The standard InChI is InChI=1S/C19H17NO3S/c1-13-3-7-15(8-4-13)17-18(19(17,11-20)12-21)24(22,23)16-9-5-14(2)6-10-16/h3-10,12,17-18H,1-2H3/t17-,18+,19-/m1/s1. The number of nitriles is 1. The molecular weight excluding hydrogens is 322 g/mol. The van der Waals surface area contributed by atoms with Gasteiger partial charge < -0.3 is 4.79 Å². The molecule has 0 unspecified atom stereocenters. The van der Waals surface area contributed by atoms with Gasteiger partial charge in [-0.15, -0.1) is 0 Å². The molecule has 0 aliphatic heterocycles. The Morgan fingerprint density at radius 2 is 1.50 bits per heavy atom. The molecule has 3 rings (SSSR count). The van der Waals surface area contributed by atoms with Crippen LogP contribution in [0.15, 0.2) is 53.4 Å². The van der Waals surface area contributed by atoms with Crippen LogP contribution in [0.3, 0.4) is 0 Å². The van der Waals surface area contributed by atoms with Crippen molar-refractivity contribution in [3.63, 3.8) is 0 Å². The average Bonchev–Trinajstić information content (AvgIpc) is 3.26. The Labute approximate surface area is 141 Å². The van der Waals surface area contributed by atoms with Crippen LogP contribution in [0.1, 0.15) is 22.6 Å². The average molecular weight is 339 g/mol. The first-order chi connectivity index (χ1) is 11.4. The molecule has 4 nitrogen and oxygen atoms in total. The first-order valence-corrected chi connectivity index (χ1v) is 9.16. The van der Waals surface area contributed by atoms with Crippen LogP contribution < -0.4 is 0 Å². The minimum absolute atomic E-state index is 0.147. The molecule has 0 saturated heterocycles. The number of hydrogen-bond donors (Lipinski definition) is 0. The van der Waals surface area contributed by atoms with Gasteiger partial charge in [-0.1, -0.05) is 47.5 Å². The number of carbonyl (C=O) groups is 1. The monoisotopic (exact) mass is 339 g/mol. The third-order valence-corrected chi connectivity index (χ3v) is 6.95. The second kappa shape index (κ2) is 5.57. The van der Waals surface area contributed by atoms with Gasteiger partial charge in [0.25, 0.3) is 0 Å². The number of rotatable bonds is 4. The van der Waals surface area contributed by atoms with Gasteiger partial charge in [0.2, 0.25) is 0 Å². The molecule has 1 aliphatic carbocycles. The van der Waals surface area contributed by atoms with E-state index >= 15 is 0 Å². The van der Waals surface area contributed by atoms with E-state index in [1.54, 1.807) is 24.3 Å². The summed E-state index contributed by atoms with van der Waals surface area (Å²) in [6.07, 6.45) is 0.494. The fourth-order valence-electron chi connectivity index (χ4n) is 3.21. The number of benzene rings is 2. The van der Waals surface area contributed by atoms with Gasteiger partial charge in [0.05, 0.1) is 11.0 Å². The zero-order chi connectivity index (χ0) is 17.5. The van der Waals surface area contributed by atoms with E-state index < -0.39 is 26.4 Å². The maximum Gasteiger partial charge on any atom is 0.183 e. The van der Waals surface area contributed by atoms with Crippen molar-refractivity contribution < 1.29 is 13.2 Å². The molecule has 0 N–H and O–H groups in total. The Morgan fingerprint density at radius 3 is 1.96 bits per heavy atom. The molecule has 122 valence electrons. The highest BCUT2D eigenvalue weighted by Crippen LogP contribution is 2.62. The Hall–Kier alpha value is -2.45. The number of nitrogens with zero attached hydrogens (tertiary/aromatic N) is 1. The molecular formula is C19H17NO3S. The summed E-state index contributed by atoms with van der Waals surface area (Å²) in [5.41, 5.74) is 1.17. The fourth-order valence-corrected chi connectivity index (χ4v) is 5.45. The summed E-state index contributed by atoms with van der Waals surface area (Å²) in [6, 6.07) is 15.7. The molecule has 0 aromatic heterocycles. The van der Waals surface area contributed by atoms with E-state index in [9.17, 15) is 18.5 Å². The summed E-state index contributed by atoms with van der Waals surface area (Å²) in [4.78, 5) is 11.8. The molecule has 5 heteroatoms. The van der Waals surface area contributed by atoms with E-state index in [0.29, 0.717) is 11.8 Å². The van der Waals surface area contributed by atoms with E-state index in [0.717, 1.165) is 11.1 Å². The van der Waals surface area contributed by atoms with Crippen molar-refractivity contribution in [3.05, 3.63) is 65.2 Å². The van der Waals surface area contributed by atoms with Crippen LogP contribution in [-0.4, -0.2) is 20.0 Å². The summed E-state index contributed by atoms with van der Waals surface area (Å²) in [7, 11) is -3.78. The second-order valence-electron chi connectivity index (χ2n) is 6.33. The van der Waals surface area contributed by atoms with Crippen LogP contribution in [0.25, 0.3) is 0 Å². The van der Waals surface area contributed by atoms with Gasteiger partial charge in [-0.2, -0.15) is 5.26 Å². The topological polar surface area (TPSA) is 75.0 Å². The van der Waals surface area contributed by atoms with E-state index in [2.05, 4.69) is 0 Å². The molecule has 2 aromatic rings. The van der Waals surface area contributed by atoms with Gasteiger partial charge in [-0.05, 0) is 31.5 Å². The number of aryl methyl sites for hydroxylation is 2. The lowest BCUT2D eigenvalue weighted by molar-refractivity contribution is -0.110. The second-order valence-corrected chi connectivity index (χ2v) is 8.40. The Bertz CT molecular complexity index is 924. The Balaban J connectivity index is 2.08. The molecule has 1 fully saturated rings. The summed E-state index contributed by atoms with van der Waals surface area (Å²) < 4.78 is 26.0. The Morgan fingerprint density at radius 1 is 1.00 bits per heavy atom. The lowest BCUT2D eigenvalue weighted by atomic mass is 10.0. The van der Waals surface area contributed by atoms with Crippen molar-refractivity contribution in [2.24, 2.45) is 5.41 Å². The highest BCUT2D eigenvalue weighted by Gasteiger charge is 2.72. The molecule has 0 amide bonds. The van der Waals surface area contributed by atoms with Crippen molar-refractivity contribution in [1.82, 2.24) is 0 Å². The zero-order valence-electron chi connectivity index (χ0n) is 13.4. The first kappa shape index (κ1) is 16.4. The van der Waals surface area contributed by atoms with E-state index in [1.165, 1.54) is 12.1 Å². The van der Waals surface area contributed by atoms with Crippen LogP contribution >= 0.6 is 0 Å². The molecule has 2 aromatic carbocycles. The maximum atomic E-state index is 13.0. The predicted molar refractivity (Wildman–Crippen MR) is 90.2 cm³/mol. The summed E-state index contributed by atoms with van der Waals surface area (Å²) in [5, 5.41) is 8.48. The van der Waals surface area contributed by atoms with Gasteiger partial charge in [0, 0.05) is 5.92 Å². The number of carbonyl (C=O) groups excluding carboxylic acids is 1. The third kappa shape index (κ3) is 2.35. The molecule has 0 bridgehead atoms. The number of sulfone groups is 1. The summed E-state index contributed by atoms with van der Waals surface area (Å²) in [5.74, 6) is -0.632. The van der Waals surface area contributed by atoms with Gasteiger partial charge >= 0.3 is 0 Å². The highest BCUT2D eigenvalue weighted by molar-refractivity contribution is 7.92. The fraction of sp³-hybridized carbons (Fsp3) is 0.263. The van der Waals surface area contributed by atoms with Crippen LogP contribution in [0, 0.1) is 30.6 Å². The van der Waals surface area contributed by atoms with Gasteiger partial charge in [-0.25, -0.2) is 8.42 Å². The molecule has 0 spiro atoms. The lowest BCUT2D eigenvalue weighted by Crippen LogP contribution is -2.16. The van der Waals surface area contributed by atoms with Crippen molar-refractivity contribution in [2.75, 3.05) is 0 Å². The van der Waals surface area contributed by atoms with E-state index in [-0.39, 0.29) is 4.90 Å². The molecule has 0 radical (unpaired) electrons. The largest absolute Gasteiger partial charge is 0.302 e. The summed E-state index contributed by atoms with van der Waals surface area (Å²) in [6.45, 7) is 3.79. The Kier molecular flexibility index (Phi) is 3.81. The van der Waals surface area contributed by atoms with Gasteiger partial charge in [-0.3, -0.25) is 0 Å². The minimum Gasteiger partial charge on any atom is -0.302 e. The SMILES string of the molecule is Cc1ccc([C@@H]2[C@H](S(=O)(=O)c3ccc(C)cc3)[C@]2(C#N)C=O)cc1. The third-order valence-electron chi connectivity index (χ3n) is 4.69. The van der Waals surface area contributed by atoms with E-state index in [1.807, 2.05) is 32.0 Å². The van der Waals surface area contributed by atoms with Gasteiger partial charge in [0.15, 0.2) is 9.84 Å². The molecule has 3 atom stereocenters. The van der Waals surface area contributed by atoms with Crippen LogP contribution in [0.2, 0.25) is 0 Å². The van der Waals surface area contributed by atoms with Crippen molar-refractivity contribution in [1.29, 1.82) is 5.26 Å². The van der Waals surface area contributed by atoms with Crippen molar-refractivity contribution in [3.8, 4) is 6.07 Å². The predicted octanol–water partition coefficient (Wildman–Crippen LogP) is 2.95. The maximum absolute atomic E-state index is 13.0. The zero-order valence-corrected chi connectivity index (χ0v) is 14.2. The smallest absolute Gasteiger partial charge is 0.183 e. The molecule has 1 aliphatic rings. The van der Waals surface area contributed by atoms with Gasteiger partial charge in [0.1, 0.15) is 17.0 Å². The minimum atomic E-state index is -3.78. The molecule has 24 heavy (non-hydrogen) atoms. The van der Waals surface area contributed by atoms with Crippen LogP contribution in [0.4, 0.5) is 0 Å². The quantitative estimate of drug-likeness (QED) is 0.803. The van der Waals surface area contributed by atoms with Crippen LogP contribution in [0.5, 0.6) is 0 Å². The normalized spacial score (nSPS) is 25.7. The summed E-state index contributed by atoms with van der Waals surface area (Å²) >= 11 is 0. The number of aldehydes is 1. The van der Waals surface area contributed by atoms with Crippen molar-refractivity contribution >= 4 is 16.1 Å². The lowest BCUT2D eigenvalue weighted by Gasteiger charge is -2.05. The van der Waals surface area contributed by atoms with Crippen LogP contribution in [-0.2, 0) is 14.6 Å². The first-order valence-electron chi connectivity index (χ1n) is 7.61. The highest BCUT2D eigenvalue weighted by atomic mass is 32.2.